The van der Waals surface area contributed by atoms with Gasteiger partial charge in [0.25, 0.3) is 0 Å². The zero-order valence-electron chi connectivity index (χ0n) is 11.8. The number of nitrogens with two attached hydrogens (primary N) is 1. The molecule has 24 heavy (non-hydrogen) atoms. The molecule has 2 aromatic rings. The molecular formula is C12H10Cl2F3N5OS. The first-order valence-electron chi connectivity index (χ1n) is 6.29. The molecule has 1 aromatic heterocycles. The summed E-state index contributed by atoms with van der Waals surface area (Å²) in [5.41, 5.74) is 0.476. The van der Waals surface area contributed by atoms with E-state index in [2.05, 4.69) is 10.2 Å². The number of thioether (sulfide) groups is 1. The lowest BCUT2D eigenvalue weighted by molar-refractivity contribution is -0.136. The van der Waals surface area contributed by atoms with Crippen LogP contribution in [-0.4, -0.2) is 39.3 Å². The Balaban J connectivity index is 2.04. The summed E-state index contributed by atoms with van der Waals surface area (Å²) < 4.78 is 37.1. The van der Waals surface area contributed by atoms with E-state index in [9.17, 15) is 18.0 Å². The molecule has 0 unspecified atom stereocenters. The van der Waals surface area contributed by atoms with Crippen molar-refractivity contribution in [3.05, 3.63) is 28.2 Å². The number of aromatic nitrogens is 3. The zero-order chi connectivity index (χ0) is 17.9. The fourth-order valence-corrected chi connectivity index (χ4v) is 2.79. The van der Waals surface area contributed by atoms with Crippen LogP contribution in [-0.2, 0) is 4.79 Å². The van der Waals surface area contributed by atoms with E-state index in [1.54, 1.807) is 17.4 Å². The molecular weight excluding hydrogens is 390 g/mol. The molecule has 0 radical (unpaired) electrons. The summed E-state index contributed by atoms with van der Waals surface area (Å²) in [6.45, 7) is -1.40. The molecule has 0 atom stereocenters. The molecule has 6 nitrogen and oxygen atoms in total. The Hall–Kier alpha value is -1.65. The number of hydrogen-bond acceptors (Lipinski definition) is 5. The van der Waals surface area contributed by atoms with E-state index in [-0.39, 0.29) is 16.7 Å². The normalized spacial score (nSPS) is 11.5. The van der Waals surface area contributed by atoms with Crippen LogP contribution in [0.1, 0.15) is 0 Å². The van der Waals surface area contributed by atoms with E-state index in [0.717, 1.165) is 16.4 Å². The van der Waals surface area contributed by atoms with E-state index >= 15 is 0 Å². The third kappa shape index (κ3) is 4.92. The van der Waals surface area contributed by atoms with Crippen molar-refractivity contribution in [2.24, 2.45) is 0 Å². The molecule has 2 rings (SSSR count). The third-order valence-electron chi connectivity index (χ3n) is 2.65. The van der Waals surface area contributed by atoms with Crippen LogP contribution in [0.25, 0.3) is 11.4 Å². The van der Waals surface area contributed by atoms with Crippen molar-refractivity contribution in [3.8, 4) is 11.4 Å². The predicted molar refractivity (Wildman–Crippen MR) is 85.4 cm³/mol. The number of nitrogens with one attached hydrogen (secondary N) is 1. The van der Waals surface area contributed by atoms with Crippen molar-refractivity contribution in [2.45, 2.75) is 11.3 Å². The van der Waals surface area contributed by atoms with Gasteiger partial charge in [0, 0.05) is 10.6 Å². The summed E-state index contributed by atoms with van der Waals surface area (Å²) in [5.74, 6) is 4.98. The van der Waals surface area contributed by atoms with Crippen molar-refractivity contribution in [3.63, 3.8) is 0 Å². The fraction of sp³-hybridized carbons (Fsp3) is 0.250. The first kappa shape index (κ1) is 18.7. The van der Waals surface area contributed by atoms with Crippen LogP contribution in [0.3, 0.4) is 0 Å². The molecule has 12 heteroatoms. The Morgan fingerprint density at radius 3 is 2.67 bits per heavy atom. The van der Waals surface area contributed by atoms with Crippen LogP contribution in [0.2, 0.25) is 10.0 Å². The molecule has 1 amide bonds. The number of hydrogen-bond donors (Lipinski definition) is 2. The Labute approximate surface area is 148 Å². The highest BCUT2D eigenvalue weighted by Crippen LogP contribution is 2.30. The highest BCUT2D eigenvalue weighted by Gasteiger charge is 2.27. The highest BCUT2D eigenvalue weighted by atomic mass is 35.5. The predicted octanol–water partition coefficient (Wildman–Crippen LogP) is 2.74. The van der Waals surface area contributed by atoms with E-state index in [0.29, 0.717) is 15.6 Å². The average molecular weight is 400 g/mol. The summed E-state index contributed by atoms with van der Waals surface area (Å²) in [4.78, 5) is 11.4. The molecule has 0 aliphatic heterocycles. The van der Waals surface area contributed by atoms with Crippen molar-refractivity contribution in [1.82, 2.24) is 20.2 Å². The van der Waals surface area contributed by atoms with Gasteiger partial charge in [0.2, 0.25) is 11.1 Å². The van der Waals surface area contributed by atoms with Gasteiger partial charge in [0.15, 0.2) is 5.82 Å². The van der Waals surface area contributed by atoms with Gasteiger partial charge in [-0.1, -0.05) is 35.0 Å². The van der Waals surface area contributed by atoms with Crippen LogP contribution >= 0.6 is 35.0 Å². The largest absolute Gasteiger partial charge is 0.405 e. The van der Waals surface area contributed by atoms with E-state index in [1.165, 1.54) is 6.07 Å². The molecule has 1 heterocycles. The van der Waals surface area contributed by atoms with Gasteiger partial charge in [-0.2, -0.15) is 13.2 Å². The monoisotopic (exact) mass is 399 g/mol. The molecule has 3 N–H and O–H groups in total. The second kappa shape index (κ2) is 7.49. The van der Waals surface area contributed by atoms with Gasteiger partial charge in [-0.15, -0.1) is 10.2 Å². The lowest BCUT2D eigenvalue weighted by atomic mass is 10.2. The number of carbonyl (C=O) groups excluding carboxylic acids is 1. The Morgan fingerprint density at radius 1 is 1.33 bits per heavy atom. The van der Waals surface area contributed by atoms with Gasteiger partial charge in [-0.25, -0.2) is 4.68 Å². The molecule has 1 aromatic carbocycles. The van der Waals surface area contributed by atoms with E-state index < -0.39 is 18.6 Å². The van der Waals surface area contributed by atoms with Gasteiger partial charge < -0.3 is 11.2 Å². The van der Waals surface area contributed by atoms with Gasteiger partial charge in [-0.3, -0.25) is 4.79 Å². The SMILES string of the molecule is Nn1c(SCC(=O)NCC(F)(F)F)nnc1-c1ccc(Cl)cc1Cl. The molecule has 0 spiro atoms. The summed E-state index contributed by atoms with van der Waals surface area (Å²) in [6.07, 6.45) is -4.47. The first-order chi connectivity index (χ1) is 11.2. The van der Waals surface area contributed by atoms with Crippen molar-refractivity contribution < 1.29 is 18.0 Å². The quantitative estimate of drug-likeness (QED) is 0.596. The lowest BCUT2D eigenvalue weighted by Crippen LogP contribution is -2.34. The Morgan fingerprint density at radius 2 is 2.04 bits per heavy atom. The average Bonchev–Trinajstić information content (AvgIpc) is 2.83. The van der Waals surface area contributed by atoms with E-state index in [1.807, 2.05) is 0 Å². The van der Waals surface area contributed by atoms with Gasteiger partial charge in [-0.05, 0) is 18.2 Å². The number of nitrogen functional groups attached to an aromatic ring is 1. The minimum absolute atomic E-state index is 0.151. The summed E-state index contributed by atoms with van der Waals surface area (Å²) in [5, 5.41) is 10.3. The smallest absolute Gasteiger partial charge is 0.346 e. The zero-order valence-corrected chi connectivity index (χ0v) is 14.1. The number of halogens is 5. The summed E-state index contributed by atoms with van der Waals surface area (Å²) >= 11 is 12.7. The fourth-order valence-electron chi connectivity index (χ4n) is 1.61. The van der Waals surface area contributed by atoms with Gasteiger partial charge in [0.1, 0.15) is 6.54 Å². The Bertz CT molecular complexity index is 753. The van der Waals surface area contributed by atoms with E-state index in [4.69, 9.17) is 29.0 Å². The second-order valence-corrected chi connectivity index (χ2v) is 6.27. The summed E-state index contributed by atoms with van der Waals surface area (Å²) in [7, 11) is 0. The lowest BCUT2D eigenvalue weighted by Gasteiger charge is -2.08. The van der Waals surface area contributed by atoms with Crippen LogP contribution in [0.15, 0.2) is 23.4 Å². The molecule has 0 bridgehead atoms. The summed E-state index contributed by atoms with van der Waals surface area (Å²) in [6, 6.07) is 4.70. The van der Waals surface area contributed by atoms with Crippen molar-refractivity contribution >= 4 is 40.9 Å². The van der Waals surface area contributed by atoms with Gasteiger partial charge in [0.05, 0.1) is 10.8 Å². The molecule has 0 fully saturated rings. The van der Waals surface area contributed by atoms with Crippen LogP contribution in [0, 0.1) is 0 Å². The maximum atomic E-state index is 12.0. The van der Waals surface area contributed by atoms with Crippen LogP contribution in [0.4, 0.5) is 13.2 Å². The topological polar surface area (TPSA) is 85.8 Å². The highest BCUT2D eigenvalue weighted by molar-refractivity contribution is 7.99. The number of carbonyl (C=O) groups is 1. The van der Waals surface area contributed by atoms with Crippen LogP contribution < -0.4 is 11.2 Å². The maximum absolute atomic E-state index is 12.0. The van der Waals surface area contributed by atoms with Crippen molar-refractivity contribution in [1.29, 1.82) is 0 Å². The molecule has 0 saturated carbocycles. The number of amides is 1. The van der Waals surface area contributed by atoms with Gasteiger partial charge >= 0.3 is 6.18 Å². The molecule has 0 aliphatic carbocycles. The number of benzene rings is 1. The number of nitrogens with zero attached hydrogens (tertiary/aromatic N) is 3. The standard InChI is InChI=1S/C12H10Cl2F3N5OS/c13-6-1-2-7(8(14)3-6)10-20-21-11(22(10)18)24-4-9(23)19-5-12(15,16)17/h1-3H,4-5,18H2,(H,19,23). The van der Waals surface area contributed by atoms with Crippen LogP contribution in [0.5, 0.6) is 0 Å². The first-order valence-corrected chi connectivity index (χ1v) is 8.03. The maximum Gasteiger partial charge on any atom is 0.405 e. The minimum atomic E-state index is -4.47. The van der Waals surface area contributed by atoms with Crippen molar-refractivity contribution in [2.75, 3.05) is 18.1 Å². The Kier molecular flexibility index (Phi) is 5.83. The second-order valence-electron chi connectivity index (χ2n) is 4.48. The molecule has 0 saturated heterocycles. The molecule has 130 valence electrons. The number of alkyl halides is 3. The third-order valence-corrected chi connectivity index (χ3v) is 4.15. The molecule has 0 aliphatic rings. The minimum Gasteiger partial charge on any atom is -0.346 e. The number of rotatable bonds is 5.